The molecule has 1 aromatic carbocycles. The van der Waals surface area contributed by atoms with Gasteiger partial charge in [-0.1, -0.05) is 45.0 Å². The van der Waals surface area contributed by atoms with E-state index in [-0.39, 0.29) is 5.41 Å². The summed E-state index contributed by atoms with van der Waals surface area (Å²) in [4.78, 5) is 11.6. The maximum Gasteiger partial charge on any atom is 0.328 e. The van der Waals surface area contributed by atoms with Crippen LogP contribution in [0.4, 0.5) is 0 Å². The van der Waals surface area contributed by atoms with Gasteiger partial charge in [-0.3, -0.25) is 5.32 Å². The highest BCUT2D eigenvalue weighted by Gasteiger charge is 2.36. The molecule has 1 atom stereocenters. The van der Waals surface area contributed by atoms with E-state index in [4.69, 9.17) is 0 Å². The van der Waals surface area contributed by atoms with Gasteiger partial charge in [0.15, 0.2) is 0 Å². The van der Waals surface area contributed by atoms with E-state index in [0.29, 0.717) is 6.54 Å². The highest BCUT2D eigenvalue weighted by atomic mass is 16.4. The normalized spacial score (nSPS) is 15.2. The van der Waals surface area contributed by atoms with Crippen molar-refractivity contribution in [2.45, 2.75) is 40.2 Å². The molecule has 0 radical (unpaired) electrons. The van der Waals surface area contributed by atoms with Crippen LogP contribution in [0, 0.1) is 12.3 Å². The van der Waals surface area contributed by atoms with E-state index in [0.717, 1.165) is 11.1 Å². The van der Waals surface area contributed by atoms with Gasteiger partial charge in [-0.2, -0.15) is 0 Å². The van der Waals surface area contributed by atoms with Crippen LogP contribution in [0.2, 0.25) is 0 Å². The molecule has 0 aliphatic rings. The number of carboxylic acids is 1. The van der Waals surface area contributed by atoms with Gasteiger partial charge >= 0.3 is 5.97 Å². The number of aliphatic carboxylic acids is 1. The second kappa shape index (κ2) is 5.11. The van der Waals surface area contributed by atoms with E-state index < -0.39 is 11.5 Å². The first-order valence-corrected chi connectivity index (χ1v) is 6.21. The van der Waals surface area contributed by atoms with Gasteiger partial charge in [0.05, 0.1) is 0 Å². The molecular formula is C15H23NO2. The molecule has 2 N–H and O–H groups in total. The highest BCUT2D eigenvalue weighted by Crippen LogP contribution is 2.26. The summed E-state index contributed by atoms with van der Waals surface area (Å²) in [6.45, 7) is 10.6. The summed E-state index contributed by atoms with van der Waals surface area (Å²) in [5, 5.41) is 12.7. The van der Waals surface area contributed by atoms with E-state index in [1.807, 2.05) is 31.2 Å². The number of carboxylic acid groups (broad SMARTS) is 1. The van der Waals surface area contributed by atoms with Crippen LogP contribution in [0.15, 0.2) is 24.3 Å². The summed E-state index contributed by atoms with van der Waals surface area (Å²) in [6, 6.07) is 7.61. The monoisotopic (exact) mass is 249 g/mol. The van der Waals surface area contributed by atoms with Crippen molar-refractivity contribution in [3.63, 3.8) is 0 Å². The first-order valence-electron chi connectivity index (χ1n) is 6.21. The molecule has 18 heavy (non-hydrogen) atoms. The molecule has 0 aliphatic carbocycles. The summed E-state index contributed by atoms with van der Waals surface area (Å²) >= 11 is 0. The minimum absolute atomic E-state index is 0.0411. The van der Waals surface area contributed by atoms with Crippen molar-refractivity contribution in [3.05, 3.63) is 35.4 Å². The Bertz CT molecular complexity index is 434. The Balaban J connectivity index is 3.09. The van der Waals surface area contributed by atoms with Gasteiger partial charge in [-0.15, -0.1) is 0 Å². The fourth-order valence-corrected chi connectivity index (χ4v) is 1.86. The van der Waals surface area contributed by atoms with Crippen LogP contribution in [0.1, 0.15) is 38.8 Å². The number of aryl methyl sites for hydroxylation is 1. The maximum absolute atomic E-state index is 11.6. The van der Waals surface area contributed by atoms with E-state index >= 15 is 0 Å². The topological polar surface area (TPSA) is 49.3 Å². The van der Waals surface area contributed by atoms with Gasteiger partial charge in [-0.25, -0.2) is 4.79 Å². The Hall–Kier alpha value is -1.35. The van der Waals surface area contributed by atoms with Crippen molar-refractivity contribution in [2.75, 3.05) is 6.54 Å². The molecule has 0 aromatic heterocycles. The molecule has 1 rings (SSSR count). The minimum Gasteiger partial charge on any atom is -0.480 e. The predicted octanol–water partition coefficient (Wildman–Crippen LogP) is 2.93. The van der Waals surface area contributed by atoms with Gasteiger partial charge in [0.25, 0.3) is 0 Å². The molecule has 100 valence electrons. The fraction of sp³-hybridized carbons (Fsp3) is 0.533. The molecule has 0 heterocycles. The van der Waals surface area contributed by atoms with Gasteiger partial charge in [-0.05, 0) is 30.4 Å². The van der Waals surface area contributed by atoms with E-state index in [1.165, 1.54) is 0 Å². The molecule has 3 heteroatoms. The Morgan fingerprint density at radius 2 is 1.78 bits per heavy atom. The molecule has 0 amide bonds. The standard InChI is InChI=1S/C15H23NO2/c1-11-8-6-7-9-12(11)15(5,13(17)18)16-10-14(2,3)4/h6-9,16H,10H2,1-5H3,(H,17,18). The lowest BCUT2D eigenvalue weighted by atomic mass is 9.86. The zero-order valence-electron chi connectivity index (χ0n) is 11.9. The van der Waals surface area contributed by atoms with Gasteiger partial charge in [0.1, 0.15) is 5.54 Å². The predicted molar refractivity (Wildman–Crippen MR) is 73.6 cm³/mol. The summed E-state index contributed by atoms with van der Waals surface area (Å²) in [5.41, 5.74) is 0.809. The molecule has 1 unspecified atom stereocenters. The second-order valence-corrected chi connectivity index (χ2v) is 6.16. The van der Waals surface area contributed by atoms with Gasteiger partial charge in [0.2, 0.25) is 0 Å². The summed E-state index contributed by atoms with van der Waals surface area (Å²) in [6.07, 6.45) is 0. The van der Waals surface area contributed by atoms with Crippen molar-refractivity contribution >= 4 is 5.97 Å². The molecule has 1 aromatic rings. The molecular weight excluding hydrogens is 226 g/mol. The van der Waals surface area contributed by atoms with Crippen LogP contribution >= 0.6 is 0 Å². The lowest BCUT2D eigenvalue weighted by Gasteiger charge is -2.32. The lowest BCUT2D eigenvalue weighted by molar-refractivity contribution is -0.144. The average molecular weight is 249 g/mol. The first-order chi connectivity index (χ1) is 8.17. The quantitative estimate of drug-likeness (QED) is 0.862. The van der Waals surface area contributed by atoms with Gasteiger partial charge < -0.3 is 5.11 Å². The molecule has 0 bridgehead atoms. The second-order valence-electron chi connectivity index (χ2n) is 6.16. The number of hydrogen-bond acceptors (Lipinski definition) is 2. The third-order valence-corrected chi connectivity index (χ3v) is 3.08. The third kappa shape index (κ3) is 3.33. The van der Waals surface area contributed by atoms with Crippen molar-refractivity contribution < 1.29 is 9.90 Å². The number of benzene rings is 1. The highest BCUT2D eigenvalue weighted by molar-refractivity contribution is 5.80. The largest absolute Gasteiger partial charge is 0.480 e. The van der Waals surface area contributed by atoms with E-state index in [2.05, 4.69) is 26.1 Å². The number of nitrogens with one attached hydrogen (secondary N) is 1. The molecule has 0 saturated carbocycles. The van der Waals surface area contributed by atoms with Crippen LogP contribution in [-0.4, -0.2) is 17.6 Å². The summed E-state index contributed by atoms with van der Waals surface area (Å²) in [7, 11) is 0. The van der Waals surface area contributed by atoms with Crippen molar-refractivity contribution in [2.24, 2.45) is 5.41 Å². The molecule has 0 aliphatic heterocycles. The summed E-state index contributed by atoms with van der Waals surface area (Å²) < 4.78 is 0. The number of rotatable bonds is 4. The van der Waals surface area contributed by atoms with Crippen molar-refractivity contribution in [1.82, 2.24) is 5.32 Å². The Morgan fingerprint density at radius 3 is 2.22 bits per heavy atom. The van der Waals surface area contributed by atoms with E-state index in [9.17, 15) is 9.90 Å². The number of carbonyl (C=O) groups is 1. The number of hydrogen-bond donors (Lipinski definition) is 2. The Morgan fingerprint density at radius 1 is 1.22 bits per heavy atom. The molecule has 0 saturated heterocycles. The molecule has 0 fully saturated rings. The van der Waals surface area contributed by atoms with Gasteiger partial charge in [0, 0.05) is 6.54 Å². The Labute approximate surface area is 109 Å². The SMILES string of the molecule is Cc1ccccc1C(C)(NCC(C)(C)C)C(=O)O. The molecule has 3 nitrogen and oxygen atoms in total. The third-order valence-electron chi connectivity index (χ3n) is 3.08. The van der Waals surface area contributed by atoms with Crippen LogP contribution in [0.3, 0.4) is 0 Å². The zero-order chi connectivity index (χ0) is 14.0. The summed E-state index contributed by atoms with van der Waals surface area (Å²) in [5.74, 6) is -0.846. The first kappa shape index (κ1) is 14.7. The Kier molecular flexibility index (Phi) is 4.17. The van der Waals surface area contributed by atoms with Crippen molar-refractivity contribution in [3.8, 4) is 0 Å². The molecule has 0 spiro atoms. The lowest BCUT2D eigenvalue weighted by Crippen LogP contribution is -2.49. The average Bonchev–Trinajstić information content (AvgIpc) is 2.25. The fourth-order valence-electron chi connectivity index (χ4n) is 1.86. The minimum atomic E-state index is -1.04. The van der Waals surface area contributed by atoms with Crippen LogP contribution in [-0.2, 0) is 10.3 Å². The zero-order valence-corrected chi connectivity index (χ0v) is 11.9. The van der Waals surface area contributed by atoms with E-state index in [1.54, 1.807) is 6.92 Å². The van der Waals surface area contributed by atoms with Crippen LogP contribution in [0.25, 0.3) is 0 Å². The van der Waals surface area contributed by atoms with Crippen LogP contribution < -0.4 is 5.32 Å². The maximum atomic E-state index is 11.6. The smallest absolute Gasteiger partial charge is 0.328 e. The van der Waals surface area contributed by atoms with Crippen LogP contribution in [0.5, 0.6) is 0 Å². The van der Waals surface area contributed by atoms with Crippen molar-refractivity contribution in [1.29, 1.82) is 0 Å².